The van der Waals surface area contributed by atoms with Crippen LogP contribution in [0, 0.1) is 5.92 Å². The zero-order chi connectivity index (χ0) is 14.3. The van der Waals surface area contributed by atoms with Gasteiger partial charge in [-0.2, -0.15) is 0 Å². The molecule has 19 heavy (non-hydrogen) atoms. The van der Waals surface area contributed by atoms with E-state index in [1.54, 1.807) is 0 Å². The number of rotatable bonds is 8. The van der Waals surface area contributed by atoms with Gasteiger partial charge >= 0.3 is 0 Å². The highest BCUT2D eigenvalue weighted by Crippen LogP contribution is 2.22. The Morgan fingerprint density at radius 1 is 1.21 bits per heavy atom. The third kappa shape index (κ3) is 5.33. The topological polar surface area (TPSA) is 38.0 Å². The van der Waals surface area contributed by atoms with Crippen molar-refractivity contribution in [3.63, 3.8) is 0 Å². The van der Waals surface area contributed by atoms with E-state index in [-0.39, 0.29) is 5.41 Å². The van der Waals surface area contributed by atoms with E-state index >= 15 is 0 Å². The lowest BCUT2D eigenvalue weighted by atomic mass is 9.84. The maximum atomic E-state index is 5.58. The van der Waals surface area contributed by atoms with Crippen LogP contribution in [0.5, 0.6) is 0 Å². The maximum Gasteiger partial charge on any atom is 0.00432 e. The van der Waals surface area contributed by atoms with E-state index in [9.17, 15) is 0 Å². The molecule has 0 aromatic heterocycles. The molecule has 1 aromatic carbocycles. The first-order valence-electron chi connectivity index (χ1n) is 7.49. The van der Waals surface area contributed by atoms with Crippen molar-refractivity contribution >= 4 is 0 Å². The molecule has 0 amide bonds. The summed E-state index contributed by atoms with van der Waals surface area (Å²) >= 11 is 0. The third-order valence-corrected chi connectivity index (χ3v) is 3.86. The number of benzene rings is 1. The summed E-state index contributed by atoms with van der Waals surface area (Å²) in [5.74, 6) is 0.656. The summed E-state index contributed by atoms with van der Waals surface area (Å²) in [5, 5.41) is 3.58. The molecule has 0 bridgehead atoms. The first-order valence-corrected chi connectivity index (χ1v) is 7.49. The first kappa shape index (κ1) is 16.2. The molecule has 1 unspecified atom stereocenters. The predicted octanol–water partition coefficient (Wildman–Crippen LogP) is 3.10. The molecule has 0 aliphatic rings. The Kier molecular flexibility index (Phi) is 6.53. The van der Waals surface area contributed by atoms with Crippen LogP contribution >= 0.6 is 0 Å². The number of nitrogens with two attached hydrogens (primary N) is 1. The van der Waals surface area contributed by atoms with Gasteiger partial charge in [0.2, 0.25) is 0 Å². The van der Waals surface area contributed by atoms with E-state index in [2.05, 4.69) is 57.3 Å². The van der Waals surface area contributed by atoms with E-state index < -0.39 is 0 Å². The number of hydrogen-bond acceptors (Lipinski definition) is 2. The highest BCUT2D eigenvalue weighted by molar-refractivity contribution is 5.28. The van der Waals surface area contributed by atoms with E-state index in [1.807, 2.05) is 0 Å². The monoisotopic (exact) mass is 262 g/mol. The molecule has 2 heteroatoms. The molecule has 1 atom stereocenters. The van der Waals surface area contributed by atoms with E-state index in [4.69, 9.17) is 5.73 Å². The molecule has 0 saturated heterocycles. The summed E-state index contributed by atoms with van der Waals surface area (Å²) in [5.41, 5.74) is 8.57. The molecule has 1 rings (SSSR count). The fourth-order valence-electron chi connectivity index (χ4n) is 2.31. The van der Waals surface area contributed by atoms with E-state index in [0.717, 1.165) is 32.5 Å². The number of aryl methyl sites for hydroxylation is 1. The zero-order valence-corrected chi connectivity index (χ0v) is 13.0. The van der Waals surface area contributed by atoms with Crippen LogP contribution in [0.3, 0.4) is 0 Å². The van der Waals surface area contributed by atoms with Crippen LogP contribution in [0.1, 0.15) is 45.2 Å². The first-order chi connectivity index (χ1) is 8.99. The van der Waals surface area contributed by atoms with Crippen LogP contribution in [-0.2, 0) is 11.8 Å². The second-order valence-electron chi connectivity index (χ2n) is 6.25. The lowest BCUT2D eigenvalue weighted by Gasteiger charge is -2.27. The van der Waals surface area contributed by atoms with Gasteiger partial charge in [0.05, 0.1) is 0 Å². The molecule has 0 heterocycles. The molecule has 1 aromatic rings. The average molecular weight is 262 g/mol. The molecule has 0 saturated carbocycles. The Bertz CT molecular complexity index is 354. The Morgan fingerprint density at radius 2 is 1.84 bits per heavy atom. The molecule has 0 fully saturated rings. The standard InChI is InChI=1S/C17H30N2/c1-5-15-6-8-16(9-7-15)17(3,4)13-19-12-14(2)10-11-18/h6-9,14,19H,5,10-13,18H2,1-4H3. The van der Waals surface area contributed by atoms with Crippen molar-refractivity contribution in [3.8, 4) is 0 Å². The van der Waals surface area contributed by atoms with Crippen molar-refractivity contribution in [3.05, 3.63) is 35.4 Å². The maximum absolute atomic E-state index is 5.58. The fourth-order valence-corrected chi connectivity index (χ4v) is 2.31. The van der Waals surface area contributed by atoms with Gasteiger partial charge in [-0.25, -0.2) is 0 Å². The minimum absolute atomic E-state index is 0.175. The van der Waals surface area contributed by atoms with Crippen LogP contribution in [0.25, 0.3) is 0 Å². The fraction of sp³-hybridized carbons (Fsp3) is 0.647. The van der Waals surface area contributed by atoms with Gasteiger partial charge in [0.15, 0.2) is 0 Å². The molecule has 2 nitrogen and oxygen atoms in total. The Labute approximate surface area is 118 Å². The van der Waals surface area contributed by atoms with Crippen molar-refractivity contribution in [1.82, 2.24) is 5.32 Å². The van der Waals surface area contributed by atoms with Gasteiger partial charge in [0, 0.05) is 12.0 Å². The Hall–Kier alpha value is -0.860. The van der Waals surface area contributed by atoms with Crippen LogP contribution in [-0.4, -0.2) is 19.6 Å². The van der Waals surface area contributed by atoms with Crippen molar-refractivity contribution < 1.29 is 0 Å². The van der Waals surface area contributed by atoms with Gasteiger partial charge in [-0.05, 0) is 43.0 Å². The summed E-state index contributed by atoms with van der Waals surface area (Å²) in [6.45, 7) is 11.9. The minimum Gasteiger partial charge on any atom is -0.330 e. The SMILES string of the molecule is CCc1ccc(C(C)(C)CNCC(C)CCN)cc1. The largest absolute Gasteiger partial charge is 0.330 e. The normalized spacial score (nSPS) is 13.5. The molecule has 108 valence electrons. The van der Waals surface area contributed by atoms with E-state index in [0.29, 0.717) is 5.92 Å². The molecule has 3 N–H and O–H groups in total. The molecule has 0 aliphatic heterocycles. The summed E-state index contributed by atoms with van der Waals surface area (Å²) in [7, 11) is 0. The second-order valence-corrected chi connectivity index (χ2v) is 6.25. The summed E-state index contributed by atoms with van der Waals surface area (Å²) in [6.07, 6.45) is 2.20. The molecule has 0 radical (unpaired) electrons. The number of nitrogens with one attached hydrogen (secondary N) is 1. The molecule has 0 aliphatic carbocycles. The summed E-state index contributed by atoms with van der Waals surface area (Å²) < 4.78 is 0. The predicted molar refractivity (Wildman–Crippen MR) is 84.6 cm³/mol. The van der Waals surface area contributed by atoms with Gasteiger partial charge in [0.1, 0.15) is 0 Å². The smallest absolute Gasteiger partial charge is 0.00432 e. The van der Waals surface area contributed by atoms with Crippen molar-refractivity contribution in [1.29, 1.82) is 0 Å². The Balaban J connectivity index is 2.50. The second kappa shape index (κ2) is 7.66. The van der Waals surface area contributed by atoms with Crippen molar-refractivity contribution in [2.24, 2.45) is 11.7 Å². The van der Waals surface area contributed by atoms with Gasteiger partial charge in [-0.3, -0.25) is 0 Å². The zero-order valence-electron chi connectivity index (χ0n) is 13.0. The summed E-state index contributed by atoms with van der Waals surface area (Å²) in [6, 6.07) is 9.02. The summed E-state index contributed by atoms with van der Waals surface area (Å²) in [4.78, 5) is 0. The number of hydrogen-bond donors (Lipinski definition) is 2. The van der Waals surface area contributed by atoms with Crippen LogP contribution < -0.4 is 11.1 Å². The highest BCUT2D eigenvalue weighted by Gasteiger charge is 2.20. The molecular formula is C17H30N2. The van der Waals surface area contributed by atoms with E-state index in [1.165, 1.54) is 11.1 Å². The lowest BCUT2D eigenvalue weighted by Crippen LogP contribution is -2.35. The Morgan fingerprint density at radius 3 is 2.37 bits per heavy atom. The lowest BCUT2D eigenvalue weighted by molar-refractivity contribution is 0.422. The van der Waals surface area contributed by atoms with Crippen LogP contribution in [0.4, 0.5) is 0 Å². The van der Waals surface area contributed by atoms with Gasteiger partial charge < -0.3 is 11.1 Å². The average Bonchev–Trinajstić information content (AvgIpc) is 2.39. The quantitative estimate of drug-likeness (QED) is 0.755. The molecular weight excluding hydrogens is 232 g/mol. The van der Waals surface area contributed by atoms with Crippen LogP contribution in [0.15, 0.2) is 24.3 Å². The third-order valence-electron chi connectivity index (χ3n) is 3.86. The van der Waals surface area contributed by atoms with Gasteiger partial charge in [0.25, 0.3) is 0 Å². The minimum atomic E-state index is 0.175. The van der Waals surface area contributed by atoms with Gasteiger partial charge in [-0.15, -0.1) is 0 Å². The van der Waals surface area contributed by atoms with Gasteiger partial charge in [-0.1, -0.05) is 52.0 Å². The van der Waals surface area contributed by atoms with Crippen molar-refractivity contribution in [2.45, 2.75) is 46.0 Å². The highest BCUT2D eigenvalue weighted by atomic mass is 14.9. The van der Waals surface area contributed by atoms with Crippen molar-refractivity contribution in [2.75, 3.05) is 19.6 Å². The van der Waals surface area contributed by atoms with Crippen LogP contribution in [0.2, 0.25) is 0 Å². The molecule has 0 spiro atoms.